The van der Waals surface area contributed by atoms with Crippen molar-refractivity contribution in [3.8, 4) is 5.75 Å². The molecule has 0 aliphatic carbocycles. The van der Waals surface area contributed by atoms with E-state index in [0.717, 1.165) is 29.2 Å². The molecule has 0 amide bonds. The Bertz CT molecular complexity index is 549. The SMILES string of the molecule is CCn1nc(C)c(Cl)c1COc1ccccc1C. The first kappa shape index (κ1) is 13.0. The van der Waals surface area contributed by atoms with Crippen molar-refractivity contribution in [1.29, 1.82) is 0 Å². The van der Waals surface area contributed by atoms with E-state index in [1.54, 1.807) is 0 Å². The molecule has 1 aromatic heterocycles. The first-order valence-electron chi connectivity index (χ1n) is 6.03. The van der Waals surface area contributed by atoms with Crippen LogP contribution in [0.5, 0.6) is 5.75 Å². The zero-order valence-electron chi connectivity index (χ0n) is 10.9. The molecule has 1 heterocycles. The fourth-order valence-electron chi connectivity index (χ4n) is 1.87. The molecule has 0 N–H and O–H groups in total. The summed E-state index contributed by atoms with van der Waals surface area (Å²) in [5, 5.41) is 5.07. The monoisotopic (exact) mass is 264 g/mol. The Kier molecular flexibility index (Phi) is 3.92. The van der Waals surface area contributed by atoms with Crippen LogP contribution in [0.4, 0.5) is 0 Å². The van der Waals surface area contributed by atoms with Crippen LogP contribution >= 0.6 is 11.6 Å². The molecule has 3 nitrogen and oxygen atoms in total. The number of halogens is 1. The fourth-order valence-corrected chi connectivity index (χ4v) is 2.06. The molecule has 0 fully saturated rings. The van der Waals surface area contributed by atoms with Gasteiger partial charge in [0.15, 0.2) is 0 Å². The van der Waals surface area contributed by atoms with E-state index in [1.807, 2.05) is 49.7 Å². The van der Waals surface area contributed by atoms with Crippen LogP contribution in [0.2, 0.25) is 5.02 Å². The molecular weight excluding hydrogens is 248 g/mol. The van der Waals surface area contributed by atoms with Crippen LogP contribution in [-0.4, -0.2) is 9.78 Å². The summed E-state index contributed by atoms with van der Waals surface area (Å²) in [4.78, 5) is 0. The van der Waals surface area contributed by atoms with Gasteiger partial charge in [0.2, 0.25) is 0 Å². The third-order valence-electron chi connectivity index (χ3n) is 2.91. The first-order chi connectivity index (χ1) is 8.63. The van der Waals surface area contributed by atoms with Crippen LogP contribution in [-0.2, 0) is 13.2 Å². The number of rotatable bonds is 4. The Labute approximate surface area is 112 Å². The summed E-state index contributed by atoms with van der Waals surface area (Å²) in [7, 11) is 0. The van der Waals surface area contributed by atoms with Crippen molar-refractivity contribution in [1.82, 2.24) is 9.78 Å². The van der Waals surface area contributed by atoms with Crippen molar-refractivity contribution in [3.05, 3.63) is 46.2 Å². The van der Waals surface area contributed by atoms with Crippen molar-refractivity contribution in [2.24, 2.45) is 0 Å². The lowest BCUT2D eigenvalue weighted by atomic mass is 10.2. The molecule has 0 saturated carbocycles. The zero-order chi connectivity index (χ0) is 13.1. The topological polar surface area (TPSA) is 27.1 Å². The van der Waals surface area contributed by atoms with Crippen LogP contribution in [0.15, 0.2) is 24.3 Å². The molecule has 96 valence electrons. The van der Waals surface area contributed by atoms with Crippen molar-refractivity contribution in [2.45, 2.75) is 33.9 Å². The first-order valence-corrected chi connectivity index (χ1v) is 6.41. The summed E-state index contributed by atoms with van der Waals surface area (Å²) in [6, 6.07) is 7.95. The highest BCUT2D eigenvalue weighted by Gasteiger charge is 2.13. The second-order valence-corrected chi connectivity index (χ2v) is 4.59. The molecule has 2 aromatic rings. The Morgan fingerprint density at radius 3 is 2.67 bits per heavy atom. The Balaban J connectivity index is 2.18. The van der Waals surface area contributed by atoms with Crippen molar-refractivity contribution in [2.75, 3.05) is 0 Å². The average Bonchev–Trinajstić information content (AvgIpc) is 2.65. The number of para-hydroxylation sites is 1. The van der Waals surface area contributed by atoms with E-state index in [9.17, 15) is 0 Å². The van der Waals surface area contributed by atoms with Gasteiger partial charge < -0.3 is 4.74 Å². The number of benzene rings is 1. The maximum absolute atomic E-state index is 6.24. The number of hydrogen-bond acceptors (Lipinski definition) is 2. The third-order valence-corrected chi connectivity index (χ3v) is 3.40. The van der Waals surface area contributed by atoms with E-state index in [2.05, 4.69) is 5.10 Å². The van der Waals surface area contributed by atoms with E-state index < -0.39 is 0 Å². The lowest BCUT2D eigenvalue weighted by Crippen LogP contribution is -2.07. The smallest absolute Gasteiger partial charge is 0.131 e. The second kappa shape index (κ2) is 5.44. The highest BCUT2D eigenvalue weighted by Crippen LogP contribution is 2.23. The molecule has 0 spiro atoms. The molecule has 0 aliphatic heterocycles. The molecule has 2 rings (SSSR count). The molecule has 1 aromatic carbocycles. The van der Waals surface area contributed by atoms with Gasteiger partial charge >= 0.3 is 0 Å². The lowest BCUT2D eigenvalue weighted by Gasteiger charge is -2.10. The van der Waals surface area contributed by atoms with Gasteiger partial charge in [-0.25, -0.2) is 0 Å². The number of aromatic nitrogens is 2. The predicted octanol–water partition coefficient (Wildman–Crippen LogP) is 3.75. The molecular formula is C14H17ClN2O. The Morgan fingerprint density at radius 1 is 1.28 bits per heavy atom. The van der Waals surface area contributed by atoms with E-state index in [-0.39, 0.29) is 0 Å². The normalized spacial score (nSPS) is 10.7. The van der Waals surface area contributed by atoms with Crippen LogP contribution in [0.3, 0.4) is 0 Å². The van der Waals surface area contributed by atoms with Crippen molar-refractivity contribution < 1.29 is 4.74 Å². The van der Waals surface area contributed by atoms with E-state index >= 15 is 0 Å². The molecule has 0 bridgehead atoms. The maximum atomic E-state index is 6.24. The van der Waals surface area contributed by atoms with Gasteiger partial charge in [-0.3, -0.25) is 4.68 Å². The molecule has 4 heteroatoms. The number of aryl methyl sites for hydroxylation is 3. The van der Waals surface area contributed by atoms with Crippen LogP contribution in [0.1, 0.15) is 23.9 Å². The van der Waals surface area contributed by atoms with Gasteiger partial charge in [-0.05, 0) is 32.4 Å². The highest BCUT2D eigenvalue weighted by atomic mass is 35.5. The van der Waals surface area contributed by atoms with Gasteiger partial charge in [0, 0.05) is 6.54 Å². The van der Waals surface area contributed by atoms with Gasteiger partial charge in [0.05, 0.1) is 16.4 Å². The summed E-state index contributed by atoms with van der Waals surface area (Å²) in [6.45, 7) is 7.21. The van der Waals surface area contributed by atoms with Crippen molar-refractivity contribution >= 4 is 11.6 Å². The maximum Gasteiger partial charge on any atom is 0.131 e. The highest BCUT2D eigenvalue weighted by molar-refractivity contribution is 6.31. The largest absolute Gasteiger partial charge is 0.487 e. The van der Waals surface area contributed by atoms with Gasteiger partial charge in [0.1, 0.15) is 12.4 Å². The summed E-state index contributed by atoms with van der Waals surface area (Å²) >= 11 is 6.24. The van der Waals surface area contributed by atoms with Gasteiger partial charge in [-0.1, -0.05) is 29.8 Å². The minimum absolute atomic E-state index is 0.443. The predicted molar refractivity (Wildman–Crippen MR) is 73.2 cm³/mol. The Morgan fingerprint density at radius 2 is 2.00 bits per heavy atom. The standard InChI is InChI=1S/C14H17ClN2O/c1-4-17-12(14(15)11(3)16-17)9-18-13-8-6-5-7-10(13)2/h5-8H,4,9H2,1-3H3. The molecule has 18 heavy (non-hydrogen) atoms. The quantitative estimate of drug-likeness (QED) is 0.841. The minimum Gasteiger partial charge on any atom is -0.487 e. The van der Waals surface area contributed by atoms with Crippen LogP contribution in [0.25, 0.3) is 0 Å². The van der Waals surface area contributed by atoms with E-state index in [0.29, 0.717) is 11.6 Å². The van der Waals surface area contributed by atoms with Gasteiger partial charge in [-0.2, -0.15) is 5.10 Å². The number of ether oxygens (including phenoxy) is 1. The zero-order valence-corrected chi connectivity index (χ0v) is 11.7. The molecule has 0 unspecified atom stereocenters. The van der Waals surface area contributed by atoms with Gasteiger partial charge in [0.25, 0.3) is 0 Å². The van der Waals surface area contributed by atoms with E-state index in [1.165, 1.54) is 0 Å². The van der Waals surface area contributed by atoms with Crippen LogP contribution in [0, 0.1) is 13.8 Å². The van der Waals surface area contributed by atoms with E-state index in [4.69, 9.17) is 16.3 Å². The molecule has 0 atom stereocenters. The fraction of sp³-hybridized carbons (Fsp3) is 0.357. The summed E-state index contributed by atoms with van der Waals surface area (Å²) in [5.74, 6) is 0.884. The summed E-state index contributed by atoms with van der Waals surface area (Å²) in [6.07, 6.45) is 0. The van der Waals surface area contributed by atoms with Gasteiger partial charge in [-0.15, -0.1) is 0 Å². The summed E-state index contributed by atoms with van der Waals surface area (Å²) in [5.41, 5.74) is 2.90. The molecule has 0 saturated heterocycles. The summed E-state index contributed by atoms with van der Waals surface area (Å²) < 4.78 is 7.70. The molecule has 0 aliphatic rings. The second-order valence-electron chi connectivity index (χ2n) is 4.22. The Hall–Kier alpha value is -1.48. The average molecular weight is 265 g/mol. The van der Waals surface area contributed by atoms with Crippen LogP contribution < -0.4 is 4.74 Å². The molecule has 0 radical (unpaired) electrons. The third kappa shape index (κ3) is 2.51. The number of hydrogen-bond donors (Lipinski definition) is 0. The minimum atomic E-state index is 0.443. The van der Waals surface area contributed by atoms with Crippen molar-refractivity contribution in [3.63, 3.8) is 0 Å². The lowest BCUT2D eigenvalue weighted by molar-refractivity contribution is 0.290. The number of nitrogens with zero attached hydrogens (tertiary/aromatic N) is 2.